The predicted octanol–water partition coefficient (Wildman–Crippen LogP) is 3.68. The molecule has 98 valence electrons. The molecular weight excluding hydrogens is 270 g/mol. The standard InChI is InChI=1S/C12H10ClN3O3/c1-8(11-5-6-12(19-11)16(17)18)14-15-10-4-2-3-9(13)7-10/h2-7,15H,1H3. The SMILES string of the molecule is CC(=NNc1cccc(Cl)c1)c1ccc([N+](=O)[O-])o1. The number of hydrogen-bond donors (Lipinski definition) is 1. The molecule has 0 spiro atoms. The Bertz CT molecular complexity index is 637. The molecule has 0 bridgehead atoms. The molecular formula is C12H10ClN3O3. The number of hydrogen-bond acceptors (Lipinski definition) is 5. The molecule has 1 aromatic carbocycles. The molecule has 1 N–H and O–H groups in total. The molecule has 0 amide bonds. The van der Waals surface area contributed by atoms with Gasteiger partial charge in [0.15, 0.2) is 5.76 Å². The molecule has 1 heterocycles. The molecule has 2 rings (SSSR count). The fourth-order valence-corrected chi connectivity index (χ4v) is 1.57. The molecule has 1 aromatic heterocycles. The van der Waals surface area contributed by atoms with Gasteiger partial charge >= 0.3 is 5.88 Å². The summed E-state index contributed by atoms with van der Waals surface area (Å²) in [6.45, 7) is 1.68. The highest BCUT2D eigenvalue weighted by molar-refractivity contribution is 6.30. The van der Waals surface area contributed by atoms with Gasteiger partial charge in [-0.25, -0.2) is 0 Å². The number of nitrogens with one attached hydrogen (secondary N) is 1. The highest BCUT2D eigenvalue weighted by Gasteiger charge is 2.13. The topological polar surface area (TPSA) is 80.7 Å². The van der Waals surface area contributed by atoms with Crippen LogP contribution in [0.3, 0.4) is 0 Å². The fraction of sp³-hybridized carbons (Fsp3) is 0.0833. The van der Waals surface area contributed by atoms with Crippen LogP contribution in [0.1, 0.15) is 12.7 Å². The Kier molecular flexibility index (Phi) is 3.82. The molecule has 0 aliphatic heterocycles. The number of anilines is 1. The molecule has 0 saturated heterocycles. The summed E-state index contributed by atoms with van der Waals surface area (Å²) < 4.78 is 5.02. The Balaban J connectivity index is 2.12. The fourth-order valence-electron chi connectivity index (χ4n) is 1.38. The van der Waals surface area contributed by atoms with Crippen LogP contribution in [-0.2, 0) is 0 Å². The maximum absolute atomic E-state index is 10.5. The van der Waals surface area contributed by atoms with Gasteiger partial charge in [-0.1, -0.05) is 17.7 Å². The molecule has 0 radical (unpaired) electrons. The summed E-state index contributed by atoms with van der Waals surface area (Å²) in [5.74, 6) is 0.0218. The predicted molar refractivity (Wildman–Crippen MR) is 72.6 cm³/mol. The monoisotopic (exact) mass is 279 g/mol. The summed E-state index contributed by atoms with van der Waals surface area (Å²) in [7, 11) is 0. The quantitative estimate of drug-likeness (QED) is 0.526. The van der Waals surface area contributed by atoms with E-state index in [1.807, 2.05) is 0 Å². The van der Waals surface area contributed by atoms with Gasteiger partial charge in [0.05, 0.1) is 11.8 Å². The van der Waals surface area contributed by atoms with Gasteiger partial charge in [0.1, 0.15) is 10.6 Å². The first-order valence-electron chi connectivity index (χ1n) is 5.37. The Hall–Kier alpha value is -2.34. The molecule has 0 atom stereocenters. The van der Waals surface area contributed by atoms with Crippen LogP contribution in [0.25, 0.3) is 0 Å². The third-order valence-electron chi connectivity index (χ3n) is 2.31. The number of nitro groups is 1. The second kappa shape index (κ2) is 5.53. The first-order valence-corrected chi connectivity index (χ1v) is 5.74. The Morgan fingerprint density at radius 2 is 2.21 bits per heavy atom. The van der Waals surface area contributed by atoms with Crippen LogP contribution in [0.2, 0.25) is 5.02 Å². The summed E-state index contributed by atoms with van der Waals surface area (Å²) >= 11 is 5.83. The zero-order valence-corrected chi connectivity index (χ0v) is 10.7. The maximum Gasteiger partial charge on any atom is 0.433 e. The maximum atomic E-state index is 10.5. The van der Waals surface area contributed by atoms with Gasteiger partial charge < -0.3 is 4.42 Å². The Morgan fingerprint density at radius 1 is 1.42 bits per heavy atom. The lowest BCUT2D eigenvalue weighted by molar-refractivity contribution is -0.402. The Labute approximate surface area is 113 Å². The first-order chi connectivity index (χ1) is 9.06. The van der Waals surface area contributed by atoms with Gasteiger partial charge in [-0.2, -0.15) is 5.10 Å². The molecule has 0 unspecified atom stereocenters. The minimum atomic E-state index is -0.596. The normalized spacial score (nSPS) is 11.4. The summed E-state index contributed by atoms with van der Waals surface area (Å²) in [5, 5.41) is 15.2. The number of nitrogens with zero attached hydrogens (tertiary/aromatic N) is 2. The van der Waals surface area contributed by atoms with E-state index < -0.39 is 4.92 Å². The zero-order chi connectivity index (χ0) is 13.8. The van der Waals surface area contributed by atoms with Crippen molar-refractivity contribution in [2.75, 3.05) is 5.43 Å². The van der Waals surface area contributed by atoms with E-state index in [4.69, 9.17) is 16.0 Å². The lowest BCUT2D eigenvalue weighted by Crippen LogP contribution is -1.98. The number of furan rings is 1. The summed E-state index contributed by atoms with van der Waals surface area (Å²) in [5.41, 5.74) is 4.01. The van der Waals surface area contributed by atoms with Crippen LogP contribution in [0.15, 0.2) is 45.9 Å². The summed E-state index contributed by atoms with van der Waals surface area (Å²) in [6.07, 6.45) is 0. The third-order valence-corrected chi connectivity index (χ3v) is 2.54. The lowest BCUT2D eigenvalue weighted by Gasteiger charge is -2.01. The van der Waals surface area contributed by atoms with Crippen molar-refractivity contribution in [3.05, 3.63) is 57.3 Å². The van der Waals surface area contributed by atoms with Crippen LogP contribution in [0.5, 0.6) is 0 Å². The van der Waals surface area contributed by atoms with Crippen LogP contribution in [0, 0.1) is 10.1 Å². The van der Waals surface area contributed by atoms with Gasteiger partial charge in [0, 0.05) is 5.02 Å². The average Bonchev–Trinajstić information content (AvgIpc) is 2.86. The molecule has 0 aliphatic carbocycles. The zero-order valence-electron chi connectivity index (χ0n) is 9.96. The van der Waals surface area contributed by atoms with Crippen molar-refractivity contribution >= 4 is 28.9 Å². The van der Waals surface area contributed by atoms with Gasteiger partial charge in [-0.3, -0.25) is 15.5 Å². The second-order valence-corrected chi connectivity index (χ2v) is 4.15. The van der Waals surface area contributed by atoms with E-state index >= 15 is 0 Å². The lowest BCUT2D eigenvalue weighted by atomic mass is 10.3. The van der Waals surface area contributed by atoms with E-state index in [-0.39, 0.29) is 5.88 Å². The van der Waals surface area contributed by atoms with Crippen molar-refractivity contribution in [2.45, 2.75) is 6.92 Å². The molecule has 7 heteroatoms. The molecule has 6 nitrogen and oxygen atoms in total. The second-order valence-electron chi connectivity index (χ2n) is 3.71. The van der Waals surface area contributed by atoms with E-state index in [1.165, 1.54) is 12.1 Å². The largest absolute Gasteiger partial charge is 0.433 e. The van der Waals surface area contributed by atoms with Crippen molar-refractivity contribution in [1.29, 1.82) is 0 Å². The van der Waals surface area contributed by atoms with Crippen molar-refractivity contribution in [3.8, 4) is 0 Å². The number of benzene rings is 1. The van der Waals surface area contributed by atoms with Crippen LogP contribution in [-0.4, -0.2) is 10.6 Å². The molecule has 0 saturated carbocycles. The van der Waals surface area contributed by atoms with E-state index in [9.17, 15) is 10.1 Å². The molecule has 2 aromatic rings. The van der Waals surface area contributed by atoms with Gasteiger partial charge in [-0.05, 0) is 31.2 Å². The van der Waals surface area contributed by atoms with Gasteiger partial charge in [-0.15, -0.1) is 0 Å². The summed E-state index contributed by atoms with van der Waals surface area (Å²) in [4.78, 5) is 9.90. The van der Waals surface area contributed by atoms with Crippen LogP contribution < -0.4 is 5.43 Å². The van der Waals surface area contributed by atoms with Crippen molar-refractivity contribution in [1.82, 2.24) is 0 Å². The highest BCUT2D eigenvalue weighted by Crippen LogP contribution is 2.17. The van der Waals surface area contributed by atoms with E-state index in [0.29, 0.717) is 22.2 Å². The first kappa shape index (κ1) is 13.1. The van der Waals surface area contributed by atoms with E-state index in [0.717, 1.165) is 0 Å². The minimum absolute atomic E-state index is 0.313. The van der Waals surface area contributed by atoms with Gasteiger partial charge in [0.25, 0.3) is 0 Å². The number of halogens is 1. The third kappa shape index (κ3) is 3.32. The number of rotatable bonds is 4. The van der Waals surface area contributed by atoms with E-state index in [2.05, 4.69) is 10.5 Å². The number of hydrazone groups is 1. The van der Waals surface area contributed by atoms with E-state index in [1.54, 1.807) is 31.2 Å². The summed E-state index contributed by atoms with van der Waals surface area (Å²) in [6, 6.07) is 9.83. The van der Waals surface area contributed by atoms with Crippen molar-refractivity contribution in [3.63, 3.8) is 0 Å². The molecule has 0 fully saturated rings. The molecule has 0 aliphatic rings. The van der Waals surface area contributed by atoms with Crippen molar-refractivity contribution < 1.29 is 9.34 Å². The van der Waals surface area contributed by atoms with Crippen molar-refractivity contribution in [2.24, 2.45) is 5.10 Å². The van der Waals surface area contributed by atoms with Crippen LogP contribution in [0.4, 0.5) is 11.6 Å². The minimum Gasteiger partial charge on any atom is -0.399 e. The smallest absolute Gasteiger partial charge is 0.399 e. The highest BCUT2D eigenvalue weighted by atomic mass is 35.5. The Morgan fingerprint density at radius 3 is 2.84 bits per heavy atom. The average molecular weight is 280 g/mol. The van der Waals surface area contributed by atoms with Crippen LogP contribution >= 0.6 is 11.6 Å². The van der Waals surface area contributed by atoms with Gasteiger partial charge in [0.2, 0.25) is 0 Å². The molecule has 19 heavy (non-hydrogen) atoms.